The van der Waals surface area contributed by atoms with Crippen LogP contribution in [0.25, 0.3) is 11.5 Å². The number of benzene rings is 1. The summed E-state index contributed by atoms with van der Waals surface area (Å²) in [6, 6.07) is 3.80. The highest BCUT2D eigenvalue weighted by Gasteiger charge is 2.24. The summed E-state index contributed by atoms with van der Waals surface area (Å²) < 4.78 is 23.9. The van der Waals surface area contributed by atoms with Gasteiger partial charge in [0.15, 0.2) is 5.82 Å². The molecule has 0 radical (unpaired) electrons. The summed E-state index contributed by atoms with van der Waals surface area (Å²) in [4.78, 5) is 4.17. The molecule has 1 aromatic heterocycles. The highest BCUT2D eigenvalue weighted by Crippen LogP contribution is 2.28. The van der Waals surface area contributed by atoms with E-state index in [-0.39, 0.29) is 23.1 Å². The van der Waals surface area contributed by atoms with Crippen molar-refractivity contribution in [1.29, 1.82) is 0 Å². The van der Waals surface area contributed by atoms with Crippen molar-refractivity contribution in [3.8, 4) is 17.2 Å². The summed E-state index contributed by atoms with van der Waals surface area (Å²) in [6.07, 6.45) is 0.844. The standard InChI is InChI=1S/C12H11FN2O3/c13-10-5-8(16)1-2-9(10)12-14-11(15-18-12)7-3-4-17-6-7/h1-2,5,7,16H,3-4,6H2. The fourth-order valence-electron chi connectivity index (χ4n) is 1.93. The van der Waals surface area contributed by atoms with Gasteiger partial charge < -0.3 is 14.4 Å². The molecule has 0 aliphatic carbocycles. The minimum atomic E-state index is -0.590. The minimum absolute atomic E-state index is 0.114. The van der Waals surface area contributed by atoms with Crippen LogP contribution >= 0.6 is 0 Å². The molecule has 2 aromatic rings. The van der Waals surface area contributed by atoms with Crippen molar-refractivity contribution in [1.82, 2.24) is 10.1 Å². The van der Waals surface area contributed by atoms with E-state index in [2.05, 4.69) is 10.1 Å². The highest BCUT2D eigenvalue weighted by molar-refractivity contribution is 5.55. The predicted octanol–water partition coefficient (Wildman–Crippen LogP) is 2.09. The molecule has 1 saturated heterocycles. The average molecular weight is 250 g/mol. The normalized spacial score (nSPS) is 19.3. The number of phenolic OH excluding ortho intramolecular Hbond substituents is 1. The van der Waals surface area contributed by atoms with Gasteiger partial charge in [-0.2, -0.15) is 4.98 Å². The number of ether oxygens (including phenoxy) is 1. The number of aromatic hydroxyl groups is 1. The van der Waals surface area contributed by atoms with Gasteiger partial charge >= 0.3 is 0 Å². The lowest BCUT2D eigenvalue weighted by atomic mass is 10.1. The van der Waals surface area contributed by atoms with Crippen LogP contribution in [0.1, 0.15) is 18.2 Å². The molecule has 1 aliphatic heterocycles. The van der Waals surface area contributed by atoms with Crippen molar-refractivity contribution in [3.63, 3.8) is 0 Å². The van der Waals surface area contributed by atoms with Crippen molar-refractivity contribution < 1.29 is 18.8 Å². The lowest BCUT2D eigenvalue weighted by Crippen LogP contribution is -1.99. The third-order valence-electron chi connectivity index (χ3n) is 2.92. The molecule has 94 valence electrons. The van der Waals surface area contributed by atoms with Crippen LogP contribution in [0.4, 0.5) is 4.39 Å². The molecule has 1 aliphatic rings. The number of rotatable bonds is 2. The minimum Gasteiger partial charge on any atom is -0.508 e. The summed E-state index contributed by atoms with van der Waals surface area (Å²) in [7, 11) is 0. The molecule has 2 heterocycles. The molecular weight excluding hydrogens is 239 g/mol. The number of halogens is 1. The Hall–Kier alpha value is -1.95. The number of phenols is 1. The second kappa shape index (κ2) is 4.38. The molecule has 0 saturated carbocycles. The monoisotopic (exact) mass is 250 g/mol. The van der Waals surface area contributed by atoms with Gasteiger partial charge in [0.1, 0.15) is 11.6 Å². The zero-order valence-electron chi connectivity index (χ0n) is 9.47. The van der Waals surface area contributed by atoms with E-state index in [0.717, 1.165) is 12.5 Å². The van der Waals surface area contributed by atoms with Crippen LogP contribution < -0.4 is 0 Å². The Labute approximate surface area is 102 Å². The van der Waals surface area contributed by atoms with E-state index in [4.69, 9.17) is 14.4 Å². The summed E-state index contributed by atoms with van der Waals surface area (Å²) in [6.45, 7) is 1.25. The molecule has 0 bridgehead atoms. The maximum Gasteiger partial charge on any atom is 0.260 e. The average Bonchev–Trinajstić information content (AvgIpc) is 2.99. The topological polar surface area (TPSA) is 68.4 Å². The molecule has 3 rings (SSSR count). The first-order chi connectivity index (χ1) is 8.74. The molecule has 1 unspecified atom stereocenters. The van der Waals surface area contributed by atoms with Crippen LogP contribution in [0.5, 0.6) is 5.75 Å². The van der Waals surface area contributed by atoms with Crippen molar-refractivity contribution >= 4 is 0 Å². The van der Waals surface area contributed by atoms with Crippen LogP contribution in [0.15, 0.2) is 22.7 Å². The Morgan fingerprint density at radius 3 is 3.00 bits per heavy atom. The van der Waals surface area contributed by atoms with Gasteiger partial charge in [0.05, 0.1) is 12.2 Å². The van der Waals surface area contributed by atoms with Gasteiger partial charge in [-0.05, 0) is 18.6 Å². The number of hydrogen-bond acceptors (Lipinski definition) is 5. The number of aromatic nitrogens is 2. The van der Waals surface area contributed by atoms with Gasteiger partial charge in [0, 0.05) is 18.6 Å². The van der Waals surface area contributed by atoms with Gasteiger partial charge in [-0.15, -0.1) is 0 Å². The fourth-order valence-corrected chi connectivity index (χ4v) is 1.93. The largest absolute Gasteiger partial charge is 0.508 e. The van der Waals surface area contributed by atoms with E-state index in [0.29, 0.717) is 19.0 Å². The maximum atomic E-state index is 13.6. The smallest absolute Gasteiger partial charge is 0.260 e. The second-order valence-electron chi connectivity index (χ2n) is 4.18. The second-order valence-corrected chi connectivity index (χ2v) is 4.18. The van der Waals surface area contributed by atoms with Gasteiger partial charge in [-0.3, -0.25) is 0 Å². The van der Waals surface area contributed by atoms with Crippen molar-refractivity contribution in [2.75, 3.05) is 13.2 Å². The molecular formula is C12H11FN2O3. The molecule has 1 atom stereocenters. The Bertz CT molecular complexity index is 564. The molecule has 18 heavy (non-hydrogen) atoms. The molecule has 0 spiro atoms. The Morgan fingerprint density at radius 2 is 2.28 bits per heavy atom. The first-order valence-corrected chi connectivity index (χ1v) is 5.64. The Kier molecular flexibility index (Phi) is 2.71. The van der Waals surface area contributed by atoms with Gasteiger partial charge in [0.25, 0.3) is 5.89 Å². The SMILES string of the molecule is Oc1ccc(-c2nc(C3CCOC3)no2)c(F)c1. The van der Waals surface area contributed by atoms with Crippen LogP contribution in [-0.4, -0.2) is 28.5 Å². The van der Waals surface area contributed by atoms with Gasteiger partial charge in [-0.1, -0.05) is 5.16 Å². The van der Waals surface area contributed by atoms with E-state index < -0.39 is 5.82 Å². The lowest BCUT2D eigenvalue weighted by Gasteiger charge is -1.99. The molecule has 0 amide bonds. The van der Waals surface area contributed by atoms with Crippen LogP contribution in [0.3, 0.4) is 0 Å². The first-order valence-electron chi connectivity index (χ1n) is 5.64. The summed E-state index contributed by atoms with van der Waals surface area (Å²) in [5.41, 5.74) is 0.186. The van der Waals surface area contributed by atoms with Crippen molar-refractivity contribution in [2.45, 2.75) is 12.3 Å². The number of hydrogen-bond donors (Lipinski definition) is 1. The molecule has 6 heteroatoms. The van der Waals surface area contributed by atoms with Crippen molar-refractivity contribution in [3.05, 3.63) is 29.8 Å². The molecule has 5 nitrogen and oxygen atoms in total. The molecule has 1 fully saturated rings. The first kappa shape index (κ1) is 11.2. The van der Waals surface area contributed by atoms with Gasteiger partial charge in [0.2, 0.25) is 0 Å². The Morgan fingerprint density at radius 1 is 1.39 bits per heavy atom. The summed E-state index contributed by atoms with van der Waals surface area (Å²) in [5.74, 6) is 0.0418. The molecule has 1 aromatic carbocycles. The summed E-state index contributed by atoms with van der Waals surface area (Å²) in [5, 5.41) is 13.0. The Balaban J connectivity index is 1.92. The van der Waals surface area contributed by atoms with Crippen LogP contribution in [0, 0.1) is 5.82 Å². The van der Waals surface area contributed by atoms with Crippen molar-refractivity contribution in [2.24, 2.45) is 0 Å². The third-order valence-corrected chi connectivity index (χ3v) is 2.92. The third kappa shape index (κ3) is 1.95. The van der Waals surface area contributed by atoms with E-state index in [1.165, 1.54) is 12.1 Å². The fraction of sp³-hybridized carbons (Fsp3) is 0.333. The molecule has 1 N–H and O–H groups in total. The summed E-state index contributed by atoms with van der Waals surface area (Å²) >= 11 is 0. The predicted molar refractivity (Wildman–Crippen MR) is 59.5 cm³/mol. The zero-order valence-corrected chi connectivity index (χ0v) is 9.47. The van der Waals surface area contributed by atoms with E-state index in [1.54, 1.807) is 0 Å². The number of nitrogens with zero attached hydrogens (tertiary/aromatic N) is 2. The van der Waals surface area contributed by atoms with E-state index in [9.17, 15) is 4.39 Å². The maximum absolute atomic E-state index is 13.6. The van der Waals surface area contributed by atoms with Gasteiger partial charge in [-0.25, -0.2) is 4.39 Å². The van der Waals surface area contributed by atoms with E-state index >= 15 is 0 Å². The highest BCUT2D eigenvalue weighted by atomic mass is 19.1. The van der Waals surface area contributed by atoms with Crippen LogP contribution in [0.2, 0.25) is 0 Å². The van der Waals surface area contributed by atoms with E-state index in [1.807, 2.05) is 0 Å². The quantitative estimate of drug-likeness (QED) is 0.883. The zero-order chi connectivity index (χ0) is 12.5. The van der Waals surface area contributed by atoms with Crippen LogP contribution in [-0.2, 0) is 4.74 Å². The lowest BCUT2D eigenvalue weighted by molar-refractivity contribution is 0.192.